The quantitative estimate of drug-likeness (QED) is 0.815. The first kappa shape index (κ1) is 11.7. The van der Waals surface area contributed by atoms with Crippen LogP contribution < -0.4 is 5.32 Å². The molecule has 2 atom stereocenters. The molecule has 1 aliphatic heterocycles. The van der Waals surface area contributed by atoms with E-state index in [9.17, 15) is 0 Å². The zero-order valence-corrected chi connectivity index (χ0v) is 10.3. The molecule has 88 valence electrons. The Morgan fingerprint density at radius 2 is 2.00 bits per heavy atom. The number of hydrogen-bond donors (Lipinski definition) is 1. The molecule has 0 radical (unpaired) electrons. The van der Waals surface area contributed by atoms with Gasteiger partial charge in [0.15, 0.2) is 0 Å². The van der Waals surface area contributed by atoms with E-state index in [2.05, 4.69) is 42.6 Å². The van der Waals surface area contributed by atoms with Crippen LogP contribution in [0.2, 0.25) is 0 Å². The average molecular weight is 217 g/mol. The Hall–Kier alpha value is -0.820. The number of benzene rings is 1. The second kappa shape index (κ2) is 6.05. The maximum Gasteiger partial charge on any atom is 0.00389 e. The van der Waals surface area contributed by atoms with Gasteiger partial charge in [-0.05, 0) is 57.1 Å². The van der Waals surface area contributed by atoms with Gasteiger partial charge in [-0.2, -0.15) is 0 Å². The van der Waals surface area contributed by atoms with Crippen LogP contribution in [0.25, 0.3) is 0 Å². The molecule has 1 aliphatic rings. The van der Waals surface area contributed by atoms with Crippen LogP contribution in [-0.2, 0) is 6.42 Å². The third kappa shape index (κ3) is 3.64. The molecule has 1 N–H and O–H groups in total. The number of hydrogen-bond acceptors (Lipinski definition) is 1. The van der Waals surface area contributed by atoms with E-state index < -0.39 is 0 Å². The standard InChI is InChI=1S/C15H23N/c1-13-10-11-15(12-16-13)9-5-8-14-6-3-2-4-7-14/h2-4,6-7,13,15-16H,5,8-12H2,1H3. The van der Waals surface area contributed by atoms with Crippen LogP contribution in [0.1, 0.15) is 38.2 Å². The van der Waals surface area contributed by atoms with Crippen LogP contribution in [0.5, 0.6) is 0 Å². The minimum atomic E-state index is 0.741. The maximum atomic E-state index is 3.58. The summed E-state index contributed by atoms with van der Waals surface area (Å²) in [5, 5.41) is 3.58. The van der Waals surface area contributed by atoms with Crippen LogP contribution in [0.15, 0.2) is 30.3 Å². The monoisotopic (exact) mass is 217 g/mol. The summed E-state index contributed by atoms with van der Waals surface area (Å²) in [5.41, 5.74) is 1.49. The van der Waals surface area contributed by atoms with Crippen molar-refractivity contribution in [1.29, 1.82) is 0 Å². The Balaban J connectivity index is 1.65. The van der Waals surface area contributed by atoms with Crippen molar-refractivity contribution in [3.8, 4) is 0 Å². The summed E-state index contributed by atoms with van der Waals surface area (Å²) >= 11 is 0. The van der Waals surface area contributed by atoms with Crippen LogP contribution in [-0.4, -0.2) is 12.6 Å². The van der Waals surface area contributed by atoms with E-state index in [1.54, 1.807) is 0 Å². The highest BCUT2D eigenvalue weighted by atomic mass is 14.9. The highest BCUT2D eigenvalue weighted by molar-refractivity contribution is 5.14. The molecule has 1 nitrogen and oxygen atoms in total. The zero-order valence-electron chi connectivity index (χ0n) is 10.3. The smallest absolute Gasteiger partial charge is 0.00389 e. The lowest BCUT2D eigenvalue weighted by Crippen LogP contribution is -2.36. The SMILES string of the molecule is CC1CCC(CCCc2ccccc2)CN1. The van der Waals surface area contributed by atoms with Crippen molar-refractivity contribution >= 4 is 0 Å². The zero-order chi connectivity index (χ0) is 11.2. The van der Waals surface area contributed by atoms with E-state index in [-0.39, 0.29) is 0 Å². The summed E-state index contributed by atoms with van der Waals surface area (Å²) in [6.07, 6.45) is 6.74. The van der Waals surface area contributed by atoms with Crippen molar-refractivity contribution in [2.45, 2.75) is 45.1 Å². The number of piperidine rings is 1. The van der Waals surface area contributed by atoms with Crippen molar-refractivity contribution in [1.82, 2.24) is 5.32 Å². The van der Waals surface area contributed by atoms with Gasteiger partial charge in [-0.15, -0.1) is 0 Å². The topological polar surface area (TPSA) is 12.0 Å². The lowest BCUT2D eigenvalue weighted by atomic mass is 9.90. The fraction of sp³-hybridized carbons (Fsp3) is 0.600. The largest absolute Gasteiger partial charge is 0.314 e. The minimum absolute atomic E-state index is 0.741. The summed E-state index contributed by atoms with van der Waals surface area (Å²) in [6.45, 7) is 3.52. The first-order chi connectivity index (χ1) is 7.84. The fourth-order valence-electron chi connectivity index (χ4n) is 2.54. The molecular weight excluding hydrogens is 194 g/mol. The molecular formula is C15H23N. The Labute approximate surface area is 99.3 Å². The molecule has 1 fully saturated rings. The molecule has 1 heteroatoms. The third-order valence-corrected chi connectivity index (χ3v) is 3.68. The van der Waals surface area contributed by atoms with Crippen molar-refractivity contribution in [3.63, 3.8) is 0 Å². The fourth-order valence-corrected chi connectivity index (χ4v) is 2.54. The van der Waals surface area contributed by atoms with Gasteiger partial charge in [-0.25, -0.2) is 0 Å². The van der Waals surface area contributed by atoms with Crippen LogP contribution >= 0.6 is 0 Å². The van der Waals surface area contributed by atoms with Crippen molar-refractivity contribution in [2.24, 2.45) is 5.92 Å². The number of aryl methyl sites for hydroxylation is 1. The summed E-state index contributed by atoms with van der Waals surface area (Å²) in [5.74, 6) is 0.917. The van der Waals surface area contributed by atoms with E-state index in [1.807, 2.05) is 0 Å². The van der Waals surface area contributed by atoms with E-state index in [0.29, 0.717) is 0 Å². The van der Waals surface area contributed by atoms with E-state index >= 15 is 0 Å². The molecule has 0 aliphatic carbocycles. The highest BCUT2D eigenvalue weighted by Crippen LogP contribution is 2.19. The molecule has 0 amide bonds. The molecule has 1 aromatic carbocycles. The van der Waals surface area contributed by atoms with Gasteiger partial charge in [0, 0.05) is 6.04 Å². The van der Waals surface area contributed by atoms with Gasteiger partial charge in [0.2, 0.25) is 0 Å². The number of nitrogens with one attached hydrogen (secondary N) is 1. The Morgan fingerprint density at radius 3 is 2.69 bits per heavy atom. The van der Waals surface area contributed by atoms with E-state index in [0.717, 1.165) is 12.0 Å². The molecule has 2 unspecified atom stereocenters. The molecule has 16 heavy (non-hydrogen) atoms. The molecule has 0 bridgehead atoms. The first-order valence-electron chi connectivity index (χ1n) is 6.62. The molecule has 0 aromatic heterocycles. The second-order valence-electron chi connectivity index (χ2n) is 5.13. The normalized spacial score (nSPS) is 25.6. The first-order valence-corrected chi connectivity index (χ1v) is 6.62. The van der Waals surface area contributed by atoms with Crippen molar-refractivity contribution in [2.75, 3.05) is 6.54 Å². The van der Waals surface area contributed by atoms with Gasteiger partial charge in [0.1, 0.15) is 0 Å². The van der Waals surface area contributed by atoms with Gasteiger partial charge in [-0.3, -0.25) is 0 Å². The van der Waals surface area contributed by atoms with Gasteiger partial charge in [0.05, 0.1) is 0 Å². The molecule has 0 saturated carbocycles. The third-order valence-electron chi connectivity index (χ3n) is 3.68. The molecule has 1 saturated heterocycles. The Kier molecular flexibility index (Phi) is 4.41. The van der Waals surface area contributed by atoms with Gasteiger partial charge >= 0.3 is 0 Å². The Morgan fingerprint density at radius 1 is 1.19 bits per heavy atom. The molecule has 1 aromatic rings. The van der Waals surface area contributed by atoms with Crippen LogP contribution in [0, 0.1) is 5.92 Å². The van der Waals surface area contributed by atoms with Crippen LogP contribution in [0.3, 0.4) is 0 Å². The lowest BCUT2D eigenvalue weighted by Gasteiger charge is -2.27. The van der Waals surface area contributed by atoms with E-state index in [4.69, 9.17) is 0 Å². The summed E-state index contributed by atoms with van der Waals surface area (Å²) in [7, 11) is 0. The lowest BCUT2D eigenvalue weighted by molar-refractivity contribution is 0.304. The second-order valence-corrected chi connectivity index (χ2v) is 5.13. The molecule has 1 heterocycles. The maximum absolute atomic E-state index is 3.58. The summed E-state index contributed by atoms with van der Waals surface area (Å²) < 4.78 is 0. The summed E-state index contributed by atoms with van der Waals surface area (Å²) in [6, 6.07) is 11.6. The predicted octanol–water partition coefficient (Wildman–Crippen LogP) is 3.40. The van der Waals surface area contributed by atoms with Gasteiger partial charge in [-0.1, -0.05) is 30.3 Å². The Bertz CT molecular complexity index is 286. The van der Waals surface area contributed by atoms with Crippen LogP contribution in [0.4, 0.5) is 0 Å². The minimum Gasteiger partial charge on any atom is -0.314 e. The highest BCUT2D eigenvalue weighted by Gasteiger charge is 2.16. The van der Waals surface area contributed by atoms with Gasteiger partial charge in [0.25, 0.3) is 0 Å². The predicted molar refractivity (Wildman–Crippen MR) is 69.6 cm³/mol. The molecule has 2 rings (SSSR count). The van der Waals surface area contributed by atoms with E-state index in [1.165, 1.54) is 44.2 Å². The van der Waals surface area contributed by atoms with Gasteiger partial charge < -0.3 is 5.32 Å². The van der Waals surface area contributed by atoms with Crippen molar-refractivity contribution in [3.05, 3.63) is 35.9 Å². The van der Waals surface area contributed by atoms with Crippen molar-refractivity contribution < 1.29 is 0 Å². The molecule has 0 spiro atoms. The number of rotatable bonds is 4. The average Bonchev–Trinajstić information content (AvgIpc) is 2.33. The summed E-state index contributed by atoms with van der Waals surface area (Å²) in [4.78, 5) is 0.